The fourth-order valence-electron chi connectivity index (χ4n) is 3.99. The van der Waals surface area contributed by atoms with Gasteiger partial charge in [-0.3, -0.25) is 19.9 Å². The Morgan fingerprint density at radius 3 is 2.93 bits per heavy atom. The van der Waals surface area contributed by atoms with Crippen LogP contribution in [0.4, 0.5) is 22.1 Å². The van der Waals surface area contributed by atoms with Gasteiger partial charge in [-0.1, -0.05) is 0 Å². The number of hydrogen-bond donors (Lipinski definition) is 1. The van der Waals surface area contributed by atoms with E-state index in [2.05, 4.69) is 26.4 Å². The van der Waals surface area contributed by atoms with Gasteiger partial charge in [0.25, 0.3) is 0 Å². The fraction of sp³-hybridized carbons (Fsp3) is 0.300. The lowest BCUT2D eigenvalue weighted by atomic mass is 10.1. The third-order valence-electron chi connectivity index (χ3n) is 5.31. The van der Waals surface area contributed by atoms with Crippen LogP contribution in [0.3, 0.4) is 0 Å². The lowest BCUT2D eigenvalue weighted by molar-refractivity contribution is 0.254. The summed E-state index contributed by atoms with van der Waals surface area (Å²) in [6.45, 7) is 3.72. The van der Waals surface area contributed by atoms with E-state index in [0.717, 1.165) is 42.1 Å². The molecule has 2 aliphatic heterocycles. The number of anilines is 3. The molecule has 8 heteroatoms. The molecule has 0 radical (unpaired) electrons. The monoisotopic (exact) mass is 375 g/mol. The lowest BCUT2D eigenvalue weighted by Gasteiger charge is -2.35. The van der Waals surface area contributed by atoms with Gasteiger partial charge in [0.05, 0.1) is 17.4 Å². The van der Waals surface area contributed by atoms with Crippen molar-refractivity contribution < 1.29 is 4.79 Å². The molecule has 1 fully saturated rings. The molecule has 2 amide bonds. The lowest BCUT2D eigenvalue weighted by Crippen LogP contribution is -2.48. The van der Waals surface area contributed by atoms with E-state index in [1.165, 1.54) is 0 Å². The van der Waals surface area contributed by atoms with Crippen molar-refractivity contribution >= 4 is 23.4 Å². The van der Waals surface area contributed by atoms with Crippen LogP contribution in [-0.2, 0) is 7.05 Å². The normalized spacial score (nSPS) is 17.6. The second-order valence-corrected chi connectivity index (χ2v) is 7.29. The first-order chi connectivity index (χ1) is 13.6. The van der Waals surface area contributed by atoms with Gasteiger partial charge in [-0.05, 0) is 37.6 Å². The molecule has 142 valence electrons. The van der Waals surface area contributed by atoms with E-state index >= 15 is 0 Å². The van der Waals surface area contributed by atoms with Gasteiger partial charge in [0.1, 0.15) is 0 Å². The van der Waals surface area contributed by atoms with Gasteiger partial charge in [-0.25, -0.2) is 9.78 Å². The summed E-state index contributed by atoms with van der Waals surface area (Å²) in [5.41, 5.74) is 3.76. The number of rotatable bonds is 2. The van der Waals surface area contributed by atoms with Crippen LogP contribution in [0.2, 0.25) is 0 Å². The molecule has 3 aromatic rings. The molecular formula is C20H21N7O. The Hall–Kier alpha value is -3.42. The summed E-state index contributed by atoms with van der Waals surface area (Å²) in [5.74, 6) is 1.24. The van der Waals surface area contributed by atoms with Crippen LogP contribution in [0.5, 0.6) is 0 Å². The van der Waals surface area contributed by atoms with Crippen LogP contribution in [0.15, 0.2) is 42.7 Å². The largest absolute Gasteiger partial charge is 0.366 e. The molecule has 2 aliphatic rings. The highest BCUT2D eigenvalue weighted by atomic mass is 16.2. The van der Waals surface area contributed by atoms with Gasteiger partial charge < -0.3 is 4.90 Å². The number of carbonyl (C=O) groups is 1. The van der Waals surface area contributed by atoms with Gasteiger partial charge in [-0.15, -0.1) is 0 Å². The Labute approximate surface area is 162 Å². The van der Waals surface area contributed by atoms with Crippen molar-refractivity contribution in [2.24, 2.45) is 7.05 Å². The van der Waals surface area contributed by atoms with Crippen LogP contribution < -0.4 is 15.1 Å². The number of nitrogens with one attached hydrogen (secondary N) is 1. The minimum absolute atomic E-state index is 0.109. The van der Waals surface area contributed by atoms with Crippen LogP contribution in [-0.4, -0.2) is 44.9 Å². The Balaban J connectivity index is 1.54. The molecule has 1 N–H and O–H groups in total. The maximum atomic E-state index is 13.1. The smallest absolute Gasteiger partial charge is 0.329 e. The van der Waals surface area contributed by atoms with Gasteiger partial charge >= 0.3 is 6.03 Å². The van der Waals surface area contributed by atoms with E-state index in [9.17, 15) is 4.79 Å². The Kier molecular flexibility index (Phi) is 3.78. The second kappa shape index (κ2) is 6.33. The molecule has 0 saturated carbocycles. The molecule has 3 aromatic heterocycles. The highest BCUT2D eigenvalue weighted by molar-refractivity contribution is 6.04. The minimum atomic E-state index is -0.193. The molecule has 8 nitrogen and oxygen atoms in total. The minimum Gasteiger partial charge on any atom is -0.366 e. The van der Waals surface area contributed by atoms with Crippen LogP contribution >= 0.6 is 0 Å². The van der Waals surface area contributed by atoms with Gasteiger partial charge in [-0.2, -0.15) is 5.10 Å². The van der Waals surface area contributed by atoms with Gasteiger partial charge in [0.2, 0.25) is 0 Å². The third kappa shape index (κ3) is 2.77. The van der Waals surface area contributed by atoms with E-state index in [1.54, 1.807) is 28.0 Å². The first-order valence-corrected chi connectivity index (χ1v) is 9.37. The topological polar surface area (TPSA) is 79.2 Å². The van der Waals surface area contributed by atoms with Crippen molar-refractivity contribution in [2.45, 2.75) is 19.4 Å². The highest BCUT2D eigenvalue weighted by Crippen LogP contribution is 2.40. The van der Waals surface area contributed by atoms with E-state index in [0.29, 0.717) is 11.6 Å². The van der Waals surface area contributed by atoms with Crippen molar-refractivity contribution in [1.29, 1.82) is 0 Å². The maximum Gasteiger partial charge on any atom is 0.329 e. The van der Waals surface area contributed by atoms with Gasteiger partial charge in [0.15, 0.2) is 11.6 Å². The summed E-state index contributed by atoms with van der Waals surface area (Å²) >= 11 is 0. The standard InChI is InChI=1S/C20H21N7O/c1-13-11-14(5-8-21-13)16-3-4-17-19(22-16)27(15-6-10-26(17)12-15)20(28)23-18-7-9-25(2)24-18/h3-5,7-9,11,15H,6,10,12H2,1-2H3,(H,23,24,28)/t15-/m0/s1. The average Bonchev–Trinajstić information content (AvgIpc) is 3.28. The molecule has 5 rings (SSSR count). The number of aromatic nitrogens is 4. The summed E-state index contributed by atoms with van der Waals surface area (Å²) in [6.07, 6.45) is 4.51. The molecule has 1 saturated heterocycles. The van der Waals surface area contributed by atoms with Crippen molar-refractivity contribution in [1.82, 2.24) is 19.7 Å². The maximum absolute atomic E-state index is 13.1. The third-order valence-corrected chi connectivity index (χ3v) is 5.31. The number of nitrogens with zero attached hydrogens (tertiary/aromatic N) is 6. The number of carbonyl (C=O) groups excluding carboxylic acids is 1. The zero-order valence-electron chi connectivity index (χ0n) is 15.8. The van der Waals surface area contributed by atoms with E-state index < -0.39 is 0 Å². The van der Waals surface area contributed by atoms with Crippen LogP contribution in [0.25, 0.3) is 11.3 Å². The average molecular weight is 375 g/mol. The van der Waals surface area contributed by atoms with Crippen molar-refractivity contribution in [3.63, 3.8) is 0 Å². The zero-order valence-corrected chi connectivity index (χ0v) is 15.8. The molecule has 0 aromatic carbocycles. The number of hydrogen-bond acceptors (Lipinski definition) is 5. The molecule has 28 heavy (non-hydrogen) atoms. The van der Waals surface area contributed by atoms with Crippen molar-refractivity contribution in [3.05, 3.63) is 48.4 Å². The molecule has 5 heterocycles. The summed E-state index contributed by atoms with van der Waals surface area (Å²) in [5, 5.41) is 7.17. The predicted octanol–water partition coefficient (Wildman–Crippen LogP) is 2.82. The summed E-state index contributed by atoms with van der Waals surface area (Å²) in [4.78, 5) is 26.4. The molecule has 0 spiro atoms. The van der Waals surface area contributed by atoms with Crippen molar-refractivity contribution in [3.8, 4) is 11.3 Å². The number of urea groups is 1. The van der Waals surface area contributed by atoms with E-state index in [-0.39, 0.29) is 12.1 Å². The second-order valence-electron chi connectivity index (χ2n) is 7.29. The fourth-order valence-corrected chi connectivity index (χ4v) is 3.99. The molecule has 0 aliphatic carbocycles. The van der Waals surface area contributed by atoms with Crippen molar-refractivity contribution in [2.75, 3.05) is 28.2 Å². The summed E-state index contributed by atoms with van der Waals surface area (Å²) < 4.78 is 1.67. The highest BCUT2D eigenvalue weighted by Gasteiger charge is 2.40. The summed E-state index contributed by atoms with van der Waals surface area (Å²) in [7, 11) is 1.82. The number of pyridine rings is 2. The van der Waals surface area contributed by atoms with Crippen LogP contribution in [0, 0.1) is 6.92 Å². The molecule has 1 atom stereocenters. The Morgan fingerprint density at radius 1 is 1.25 bits per heavy atom. The SMILES string of the molecule is Cc1cc(-c2ccc3c(n2)N(C(=O)Nc2ccn(C)n2)[C@H]2CCN3C2)ccn1. The molecule has 2 bridgehead atoms. The number of aryl methyl sites for hydroxylation is 2. The first kappa shape index (κ1) is 16.7. The Morgan fingerprint density at radius 2 is 2.14 bits per heavy atom. The Bertz CT molecular complexity index is 1060. The first-order valence-electron chi connectivity index (χ1n) is 9.37. The quantitative estimate of drug-likeness (QED) is 0.745. The van der Waals surface area contributed by atoms with E-state index in [1.807, 2.05) is 32.2 Å². The molecule has 0 unspecified atom stereocenters. The number of fused-ring (bicyclic) bond motifs is 4. The molecular weight excluding hydrogens is 354 g/mol. The van der Waals surface area contributed by atoms with Crippen LogP contribution in [0.1, 0.15) is 12.1 Å². The zero-order chi connectivity index (χ0) is 19.3. The number of amides is 2. The predicted molar refractivity (Wildman–Crippen MR) is 108 cm³/mol. The van der Waals surface area contributed by atoms with Gasteiger partial charge in [0, 0.05) is 49.9 Å². The summed E-state index contributed by atoms with van der Waals surface area (Å²) in [6, 6.07) is 9.73. The van der Waals surface area contributed by atoms with E-state index in [4.69, 9.17) is 4.98 Å².